The predicted octanol–water partition coefficient (Wildman–Crippen LogP) is 4.43. The number of anilines is 1. The maximum absolute atomic E-state index is 13.1. The van der Waals surface area contributed by atoms with E-state index in [0.29, 0.717) is 0 Å². The van der Waals surface area contributed by atoms with Crippen molar-refractivity contribution in [2.24, 2.45) is 4.99 Å². The Balaban J connectivity index is 1.57. The molecule has 0 radical (unpaired) electrons. The fourth-order valence-electron chi connectivity index (χ4n) is 4.37. The molecular formula is C20H17BrN2OS. The van der Waals surface area contributed by atoms with Crippen LogP contribution in [0.1, 0.15) is 24.0 Å². The maximum Gasteiger partial charge on any atom is 0.265 e. The van der Waals surface area contributed by atoms with Crippen LogP contribution in [0.3, 0.4) is 0 Å². The van der Waals surface area contributed by atoms with E-state index in [0.717, 1.165) is 40.9 Å². The van der Waals surface area contributed by atoms with Gasteiger partial charge in [-0.15, -0.1) is 0 Å². The van der Waals surface area contributed by atoms with E-state index in [-0.39, 0.29) is 11.9 Å². The van der Waals surface area contributed by atoms with Crippen LogP contribution in [0.5, 0.6) is 0 Å². The first-order valence-corrected chi connectivity index (χ1v) is 10.2. The Morgan fingerprint density at radius 3 is 2.96 bits per heavy atom. The molecule has 3 heterocycles. The van der Waals surface area contributed by atoms with Crippen LogP contribution in [-0.4, -0.2) is 28.3 Å². The fourth-order valence-corrected chi connectivity index (χ4v) is 6.23. The fraction of sp³-hybridized carbons (Fsp3) is 0.300. The average Bonchev–Trinajstić information content (AvgIpc) is 3.22. The van der Waals surface area contributed by atoms with Crippen molar-refractivity contribution >= 4 is 44.3 Å². The minimum Gasteiger partial charge on any atom is -0.366 e. The largest absolute Gasteiger partial charge is 0.366 e. The summed E-state index contributed by atoms with van der Waals surface area (Å²) in [6, 6.07) is 16.8. The van der Waals surface area contributed by atoms with Crippen molar-refractivity contribution in [1.29, 1.82) is 0 Å². The summed E-state index contributed by atoms with van der Waals surface area (Å²) in [5.74, 6) is 0.0406. The normalized spacial score (nSPS) is 27.4. The van der Waals surface area contributed by atoms with Crippen molar-refractivity contribution in [1.82, 2.24) is 0 Å². The van der Waals surface area contributed by atoms with Crippen LogP contribution >= 0.6 is 27.7 Å². The molecule has 2 unspecified atom stereocenters. The maximum atomic E-state index is 13.1. The van der Waals surface area contributed by atoms with Gasteiger partial charge in [0.05, 0.1) is 6.04 Å². The van der Waals surface area contributed by atoms with Gasteiger partial charge in [-0.25, -0.2) is 4.99 Å². The molecule has 5 rings (SSSR count). The zero-order valence-electron chi connectivity index (χ0n) is 13.6. The monoisotopic (exact) mass is 412 g/mol. The Labute approximate surface area is 159 Å². The Morgan fingerprint density at radius 2 is 2.08 bits per heavy atom. The number of halogens is 1. The molecule has 2 aromatic rings. The van der Waals surface area contributed by atoms with E-state index in [1.165, 1.54) is 11.3 Å². The van der Waals surface area contributed by atoms with Gasteiger partial charge in [-0.05, 0) is 36.6 Å². The van der Waals surface area contributed by atoms with E-state index in [9.17, 15) is 4.79 Å². The summed E-state index contributed by atoms with van der Waals surface area (Å²) in [7, 11) is 0. The molecule has 25 heavy (non-hydrogen) atoms. The van der Waals surface area contributed by atoms with Crippen LogP contribution in [0.25, 0.3) is 0 Å². The number of carbonyl (C=O) groups is 1. The number of aliphatic imine (C=N–C) groups is 1. The highest BCUT2D eigenvalue weighted by Crippen LogP contribution is 2.51. The topological polar surface area (TPSA) is 32.7 Å². The molecule has 1 spiro atoms. The number of benzene rings is 2. The number of rotatable bonds is 1. The van der Waals surface area contributed by atoms with Crippen LogP contribution in [0, 0.1) is 0 Å². The van der Waals surface area contributed by atoms with E-state index >= 15 is 0 Å². The molecule has 3 aliphatic heterocycles. The summed E-state index contributed by atoms with van der Waals surface area (Å²) in [6.45, 7) is 1.03. The number of fused-ring (bicyclic) bond motifs is 4. The van der Waals surface area contributed by atoms with Gasteiger partial charge in [0.2, 0.25) is 0 Å². The number of thioether (sulfide) groups is 1. The summed E-state index contributed by atoms with van der Waals surface area (Å²) < 4.78 is 0.542. The Kier molecular flexibility index (Phi) is 3.57. The lowest BCUT2D eigenvalue weighted by molar-refractivity contribution is -0.120. The number of carbonyl (C=O) groups excluding carboxylic acids is 1. The van der Waals surface area contributed by atoms with Crippen LogP contribution in [0.2, 0.25) is 0 Å². The van der Waals surface area contributed by atoms with E-state index < -0.39 is 4.75 Å². The molecule has 0 N–H and O–H groups in total. The predicted molar refractivity (Wildman–Crippen MR) is 107 cm³/mol. The molecule has 0 aliphatic carbocycles. The average molecular weight is 413 g/mol. The highest BCUT2D eigenvalue weighted by Gasteiger charge is 2.57. The summed E-state index contributed by atoms with van der Waals surface area (Å²) >= 11 is 5.20. The van der Waals surface area contributed by atoms with Gasteiger partial charge in [-0.2, -0.15) is 0 Å². The third kappa shape index (κ3) is 2.32. The number of nitrogens with zero attached hydrogens (tertiary/aromatic N) is 2. The van der Waals surface area contributed by atoms with Crippen molar-refractivity contribution < 1.29 is 4.79 Å². The molecule has 126 valence electrons. The van der Waals surface area contributed by atoms with Crippen molar-refractivity contribution in [3.8, 4) is 0 Å². The minimum absolute atomic E-state index is 0.0406. The highest BCUT2D eigenvalue weighted by atomic mass is 79.9. The van der Waals surface area contributed by atoms with Crippen LogP contribution in [0.15, 0.2) is 58.0 Å². The highest BCUT2D eigenvalue weighted by molar-refractivity contribution is 9.10. The minimum atomic E-state index is -0.470. The number of hydrogen-bond donors (Lipinski definition) is 0. The zero-order chi connectivity index (χ0) is 17.0. The molecule has 0 bridgehead atoms. The van der Waals surface area contributed by atoms with Crippen molar-refractivity contribution in [3.05, 3.63) is 64.1 Å². The quantitative estimate of drug-likeness (QED) is 0.694. The van der Waals surface area contributed by atoms with Gasteiger partial charge >= 0.3 is 0 Å². The van der Waals surface area contributed by atoms with Gasteiger partial charge < -0.3 is 4.90 Å². The van der Waals surface area contributed by atoms with Gasteiger partial charge in [0, 0.05) is 28.7 Å². The first kappa shape index (κ1) is 15.6. The van der Waals surface area contributed by atoms with Crippen molar-refractivity contribution in [2.45, 2.75) is 30.1 Å². The molecule has 0 saturated carbocycles. The summed E-state index contributed by atoms with van der Waals surface area (Å²) in [4.78, 5) is 20.1. The van der Waals surface area contributed by atoms with E-state index in [2.05, 4.69) is 50.1 Å². The lowest BCUT2D eigenvalue weighted by atomic mass is 9.84. The second kappa shape index (κ2) is 5.71. The second-order valence-corrected chi connectivity index (χ2v) is 9.12. The summed E-state index contributed by atoms with van der Waals surface area (Å²) in [5, 5.41) is 0.859. The molecule has 1 saturated heterocycles. The van der Waals surface area contributed by atoms with Gasteiger partial charge in [-0.3, -0.25) is 4.79 Å². The number of amides is 1. The SMILES string of the molecule is O=C1N=C(c2cccc(Br)c2)SC12Cc1ccccc1N1CCCC12. The standard InChI is InChI=1S/C20H17BrN2OS/c21-15-7-3-6-13(11-15)18-22-19(24)20(25-18)12-14-5-1-2-8-16(14)23-10-4-9-17(20)23/h1-3,5-8,11,17H,4,9-10,12H2. The Bertz CT molecular complexity index is 912. The van der Waals surface area contributed by atoms with Crippen LogP contribution in [-0.2, 0) is 11.2 Å². The second-order valence-electron chi connectivity index (χ2n) is 6.88. The molecule has 5 heteroatoms. The summed E-state index contributed by atoms with van der Waals surface area (Å²) in [6.07, 6.45) is 2.98. The molecule has 3 aliphatic rings. The zero-order valence-corrected chi connectivity index (χ0v) is 16.0. The first-order chi connectivity index (χ1) is 12.2. The van der Waals surface area contributed by atoms with Gasteiger partial charge in [0.1, 0.15) is 9.79 Å². The van der Waals surface area contributed by atoms with E-state index in [4.69, 9.17) is 0 Å². The lowest BCUT2D eigenvalue weighted by Gasteiger charge is -2.44. The van der Waals surface area contributed by atoms with E-state index in [1.807, 2.05) is 24.3 Å². The number of hydrogen-bond acceptors (Lipinski definition) is 3. The van der Waals surface area contributed by atoms with Crippen molar-refractivity contribution in [3.63, 3.8) is 0 Å². The molecule has 0 aromatic heterocycles. The number of para-hydroxylation sites is 1. The van der Waals surface area contributed by atoms with Crippen molar-refractivity contribution in [2.75, 3.05) is 11.4 Å². The first-order valence-electron chi connectivity index (χ1n) is 8.60. The lowest BCUT2D eigenvalue weighted by Crippen LogP contribution is -2.55. The van der Waals surface area contributed by atoms with Crippen LogP contribution in [0.4, 0.5) is 5.69 Å². The Morgan fingerprint density at radius 1 is 1.20 bits per heavy atom. The van der Waals surface area contributed by atoms with Gasteiger partial charge in [0.25, 0.3) is 5.91 Å². The van der Waals surface area contributed by atoms with Crippen LogP contribution < -0.4 is 4.90 Å². The third-order valence-electron chi connectivity index (χ3n) is 5.46. The molecule has 2 aromatic carbocycles. The molecular weight excluding hydrogens is 396 g/mol. The molecule has 3 nitrogen and oxygen atoms in total. The van der Waals surface area contributed by atoms with Gasteiger partial charge in [0.15, 0.2) is 0 Å². The molecule has 2 atom stereocenters. The van der Waals surface area contributed by atoms with Gasteiger partial charge in [-0.1, -0.05) is 58.0 Å². The summed E-state index contributed by atoms with van der Waals surface area (Å²) in [5.41, 5.74) is 3.60. The molecule has 1 fully saturated rings. The van der Waals surface area contributed by atoms with E-state index in [1.54, 1.807) is 11.8 Å². The smallest absolute Gasteiger partial charge is 0.265 e. The third-order valence-corrected chi connectivity index (χ3v) is 7.43. The molecule has 1 amide bonds. The Hall–Kier alpha value is -1.59.